The molecule has 78 valence electrons. The van der Waals surface area contributed by atoms with Crippen molar-refractivity contribution in [2.45, 2.75) is 26.1 Å². The highest BCUT2D eigenvalue weighted by atomic mass is 16.6. The third-order valence-electron chi connectivity index (χ3n) is 3.17. The van der Waals surface area contributed by atoms with E-state index >= 15 is 0 Å². The summed E-state index contributed by atoms with van der Waals surface area (Å²) < 4.78 is 7.56. The van der Waals surface area contributed by atoms with E-state index in [1.807, 2.05) is 14.0 Å². The topological polar surface area (TPSA) is 30.4 Å². The first-order chi connectivity index (χ1) is 7.16. The fraction of sp³-hybridized carbons (Fsp3) is 0.417. The van der Waals surface area contributed by atoms with Gasteiger partial charge in [0.2, 0.25) is 0 Å². The van der Waals surface area contributed by atoms with Crippen molar-refractivity contribution in [1.82, 2.24) is 9.55 Å². The van der Waals surface area contributed by atoms with E-state index in [2.05, 4.69) is 34.7 Å². The maximum absolute atomic E-state index is 5.45. The standard InChI is InChI=1S/C12H14N2O/c1-7-12(15-7)9-4-5-11-10(6-9)13-8(2)14(11)3/h4-7,12H,1-3H3. The predicted octanol–water partition coefficient (Wildman–Crippen LogP) is 2.34. The maximum Gasteiger partial charge on any atom is 0.109 e. The lowest BCUT2D eigenvalue weighted by atomic mass is 10.1. The largest absolute Gasteiger partial charge is 0.365 e. The average molecular weight is 202 g/mol. The Bertz CT molecular complexity index is 530. The van der Waals surface area contributed by atoms with Crippen molar-refractivity contribution in [3.05, 3.63) is 29.6 Å². The van der Waals surface area contributed by atoms with Gasteiger partial charge < -0.3 is 9.30 Å². The zero-order chi connectivity index (χ0) is 10.6. The van der Waals surface area contributed by atoms with E-state index in [1.54, 1.807) is 0 Å². The molecule has 2 aromatic rings. The second-order valence-corrected chi connectivity index (χ2v) is 4.23. The minimum atomic E-state index is 0.289. The number of hydrogen-bond acceptors (Lipinski definition) is 2. The summed E-state index contributed by atoms with van der Waals surface area (Å²) in [4.78, 5) is 4.52. The molecule has 0 spiro atoms. The number of epoxide rings is 1. The van der Waals surface area contributed by atoms with Gasteiger partial charge >= 0.3 is 0 Å². The molecule has 0 radical (unpaired) electrons. The van der Waals surface area contributed by atoms with Crippen LogP contribution >= 0.6 is 0 Å². The molecule has 1 aromatic heterocycles. The van der Waals surface area contributed by atoms with Gasteiger partial charge in [0.05, 0.1) is 17.1 Å². The van der Waals surface area contributed by atoms with E-state index in [0.29, 0.717) is 6.10 Å². The minimum absolute atomic E-state index is 0.289. The molecule has 1 fully saturated rings. The monoisotopic (exact) mass is 202 g/mol. The second-order valence-electron chi connectivity index (χ2n) is 4.23. The summed E-state index contributed by atoms with van der Waals surface area (Å²) in [5.74, 6) is 1.05. The Kier molecular flexibility index (Phi) is 1.68. The normalized spacial score (nSPS) is 24.7. The quantitative estimate of drug-likeness (QED) is 0.664. The molecule has 1 aliphatic rings. The summed E-state index contributed by atoms with van der Waals surface area (Å²) in [6.45, 7) is 4.12. The van der Waals surface area contributed by atoms with Crippen LogP contribution in [0.1, 0.15) is 24.4 Å². The Morgan fingerprint density at radius 1 is 1.40 bits per heavy atom. The molecule has 3 rings (SSSR count). The third-order valence-corrected chi connectivity index (χ3v) is 3.17. The van der Waals surface area contributed by atoms with Crippen LogP contribution in [-0.2, 0) is 11.8 Å². The molecule has 3 nitrogen and oxygen atoms in total. The van der Waals surface area contributed by atoms with Gasteiger partial charge in [0.15, 0.2) is 0 Å². The molecule has 0 saturated carbocycles. The molecule has 1 aromatic carbocycles. The Morgan fingerprint density at radius 3 is 2.80 bits per heavy atom. The van der Waals surface area contributed by atoms with Gasteiger partial charge in [-0.05, 0) is 31.5 Å². The van der Waals surface area contributed by atoms with Crippen LogP contribution in [0.2, 0.25) is 0 Å². The van der Waals surface area contributed by atoms with E-state index < -0.39 is 0 Å². The van der Waals surface area contributed by atoms with Crippen LogP contribution < -0.4 is 0 Å². The number of aromatic nitrogens is 2. The Morgan fingerprint density at radius 2 is 2.13 bits per heavy atom. The molecule has 0 amide bonds. The van der Waals surface area contributed by atoms with Crippen LogP contribution in [0.15, 0.2) is 18.2 Å². The molecule has 0 N–H and O–H groups in total. The highest BCUT2D eigenvalue weighted by Gasteiger charge is 2.35. The fourth-order valence-corrected chi connectivity index (χ4v) is 2.05. The molecule has 3 heteroatoms. The Balaban J connectivity index is 2.14. The molecular formula is C12H14N2O. The van der Waals surface area contributed by atoms with Crippen molar-refractivity contribution in [3.63, 3.8) is 0 Å². The first-order valence-electron chi connectivity index (χ1n) is 5.25. The van der Waals surface area contributed by atoms with Gasteiger partial charge in [0.25, 0.3) is 0 Å². The average Bonchev–Trinajstić information content (AvgIpc) is 2.87. The lowest BCUT2D eigenvalue weighted by Gasteiger charge is -1.98. The smallest absolute Gasteiger partial charge is 0.109 e. The maximum atomic E-state index is 5.45. The first kappa shape index (κ1) is 8.92. The predicted molar refractivity (Wildman–Crippen MR) is 58.7 cm³/mol. The van der Waals surface area contributed by atoms with E-state index in [4.69, 9.17) is 4.74 Å². The van der Waals surface area contributed by atoms with Crippen molar-refractivity contribution in [2.75, 3.05) is 0 Å². The SMILES string of the molecule is Cc1nc2cc(C3OC3C)ccc2n1C. The van der Waals surface area contributed by atoms with Gasteiger partial charge in [-0.2, -0.15) is 0 Å². The van der Waals surface area contributed by atoms with Crippen molar-refractivity contribution < 1.29 is 4.74 Å². The number of rotatable bonds is 1. The second kappa shape index (κ2) is 2.83. The lowest BCUT2D eigenvalue weighted by molar-refractivity contribution is 0.383. The van der Waals surface area contributed by atoms with Crippen molar-refractivity contribution >= 4 is 11.0 Å². The molecular weight excluding hydrogens is 188 g/mol. The van der Waals surface area contributed by atoms with Gasteiger partial charge in [-0.3, -0.25) is 0 Å². The van der Waals surface area contributed by atoms with E-state index in [1.165, 1.54) is 11.1 Å². The van der Waals surface area contributed by atoms with Crippen molar-refractivity contribution in [3.8, 4) is 0 Å². The van der Waals surface area contributed by atoms with E-state index in [-0.39, 0.29) is 6.10 Å². The zero-order valence-electron chi connectivity index (χ0n) is 9.19. The third kappa shape index (κ3) is 1.27. The number of imidazole rings is 1. The number of nitrogens with zero attached hydrogens (tertiary/aromatic N) is 2. The van der Waals surface area contributed by atoms with Gasteiger partial charge in [0, 0.05) is 7.05 Å². The fourth-order valence-electron chi connectivity index (χ4n) is 2.05. The summed E-state index contributed by atoms with van der Waals surface area (Å²) in [7, 11) is 2.04. The van der Waals surface area contributed by atoms with Gasteiger partial charge in [-0.15, -0.1) is 0 Å². The number of ether oxygens (including phenoxy) is 1. The molecule has 2 heterocycles. The zero-order valence-corrected chi connectivity index (χ0v) is 9.19. The highest BCUT2D eigenvalue weighted by molar-refractivity contribution is 5.77. The molecule has 0 aliphatic carbocycles. The summed E-state index contributed by atoms with van der Waals surface area (Å²) in [5, 5.41) is 0. The van der Waals surface area contributed by atoms with Gasteiger partial charge in [-0.1, -0.05) is 6.07 Å². The molecule has 0 bridgehead atoms. The summed E-state index contributed by atoms with van der Waals surface area (Å²) in [6.07, 6.45) is 0.656. The lowest BCUT2D eigenvalue weighted by Crippen LogP contribution is -1.90. The first-order valence-corrected chi connectivity index (χ1v) is 5.25. The molecule has 1 aliphatic heterocycles. The van der Waals surface area contributed by atoms with Crippen LogP contribution in [0.25, 0.3) is 11.0 Å². The van der Waals surface area contributed by atoms with Crippen LogP contribution in [-0.4, -0.2) is 15.7 Å². The molecule has 2 unspecified atom stereocenters. The van der Waals surface area contributed by atoms with Gasteiger partial charge in [-0.25, -0.2) is 4.98 Å². The Hall–Kier alpha value is -1.35. The number of aryl methyl sites for hydroxylation is 2. The van der Waals surface area contributed by atoms with Crippen molar-refractivity contribution in [1.29, 1.82) is 0 Å². The van der Waals surface area contributed by atoms with Gasteiger partial charge in [0.1, 0.15) is 11.9 Å². The van der Waals surface area contributed by atoms with Crippen LogP contribution in [0, 0.1) is 6.92 Å². The van der Waals surface area contributed by atoms with E-state index in [0.717, 1.165) is 11.3 Å². The van der Waals surface area contributed by atoms with Crippen LogP contribution in [0.3, 0.4) is 0 Å². The number of benzene rings is 1. The number of fused-ring (bicyclic) bond motifs is 1. The van der Waals surface area contributed by atoms with E-state index in [9.17, 15) is 0 Å². The summed E-state index contributed by atoms with van der Waals surface area (Å²) in [5.41, 5.74) is 3.49. The van der Waals surface area contributed by atoms with Crippen molar-refractivity contribution in [2.24, 2.45) is 7.05 Å². The minimum Gasteiger partial charge on any atom is -0.365 e. The number of hydrogen-bond donors (Lipinski definition) is 0. The summed E-state index contributed by atoms with van der Waals surface area (Å²) >= 11 is 0. The van der Waals surface area contributed by atoms with Crippen LogP contribution in [0.5, 0.6) is 0 Å². The molecule has 2 atom stereocenters. The molecule has 15 heavy (non-hydrogen) atoms. The Labute approximate surface area is 88.7 Å². The highest BCUT2D eigenvalue weighted by Crippen LogP contribution is 2.38. The molecule has 1 saturated heterocycles. The summed E-state index contributed by atoms with van der Waals surface area (Å²) in [6, 6.07) is 6.40. The van der Waals surface area contributed by atoms with Crippen LogP contribution in [0.4, 0.5) is 0 Å².